The molecule has 1 aromatic rings. The summed E-state index contributed by atoms with van der Waals surface area (Å²) in [6, 6.07) is 3.52. The molecule has 24 heavy (non-hydrogen) atoms. The van der Waals surface area contributed by atoms with Gasteiger partial charge < -0.3 is 19.9 Å². The van der Waals surface area contributed by atoms with Crippen molar-refractivity contribution in [2.75, 3.05) is 19.8 Å². The molecule has 132 valence electrons. The number of halogens is 1. The molecule has 2 N–H and O–H groups in total. The molecule has 1 fully saturated rings. The summed E-state index contributed by atoms with van der Waals surface area (Å²) in [5, 5.41) is 13.5. The number of benzene rings is 1. The van der Waals surface area contributed by atoms with Gasteiger partial charge in [0.05, 0.1) is 17.5 Å². The molecule has 1 aliphatic heterocycles. The third kappa shape index (κ3) is 4.33. The molecule has 1 aromatic carbocycles. The molecule has 0 bridgehead atoms. The Morgan fingerprint density at radius 2 is 2.00 bits per heavy atom. The van der Waals surface area contributed by atoms with Crippen LogP contribution >= 0.6 is 11.6 Å². The molecule has 1 amide bonds. The molecule has 0 saturated heterocycles. The number of hydrogen-bond acceptors (Lipinski definition) is 4. The monoisotopic (exact) mass is 353 g/mol. The third-order valence-corrected chi connectivity index (χ3v) is 5.00. The van der Waals surface area contributed by atoms with Gasteiger partial charge in [0.2, 0.25) is 5.91 Å². The lowest BCUT2D eigenvalue weighted by Crippen LogP contribution is -2.37. The van der Waals surface area contributed by atoms with Gasteiger partial charge in [0.25, 0.3) is 0 Å². The third-order valence-electron chi connectivity index (χ3n) is 4.72. The Morgan fingerprint density at radius 3 is 2.79 bits per heavy atom. The zero-order valence-electron chi connectivity index (χ0n) is 13.7. The van der Waals surface area contributed by atoms with Crippen molar-refractivity contribution >= 4 is 17.5 Å². The fourth-order valence-electron chi connectivity index (χ4n) is 3.42. The van der Waals surface area contributed by atoms with Crippen LogP contribution in [0.2, 0.25) is 5.02 Å². The van der Waals surface area contributed by atoms with Crippen molar-refractivity contribution < 1.29 is 19.4 Å². The van der Waals surface area contributed by atoms with Crippen molar-refractivity contribution in [2.24, 2.45) is 5.92 Å². The van der Waals surface area contributed by atoms with Crippen LogP contribution in [0.5, 0.6) is 11.5 Å². The highest BCUT2D eigenvalue weighted by molar-refractivity contribution is 6.32. The van der Waals surface area contributed by atoms with E-state index in [1.54, 1.807) is 12.1 Å². The summed E-state index contributed by atoms with van der Waals surface area (Å²) < 4.78 is 11.0. The number of aliphatic hydroxyl groups excluding tert-OH is 1. The molecule has 0 radical (unpaired) electrons. The van der Waals surface area contributed by atoms with Gasteiger partial charge in [-0.05, 0) is 36.5 Å². The van der Waals surface area contributed by atoms with Gasteiger partial charge in [0, 0.05) is 6.54 Å². The van der Waals surface area contributed by atoms with E-state index < -0.39 is 6.10 Å². The number of rotatable bonds is 5. The van der Waals surface area contributed by atoms with E-state index in [0.29, 0.717) is 42.2 Å². The van der Waals surface area contributed by atoms with Crippen molar-refractivity contribution in [1.29, 1.82) is 0 Å². The predicted molar refractivity (Wildman–Crippen MR) is 91.7 cm³/mol. The van der Waals surface area contributed by atoms with E-state index in [1.165, 1.54) is 19.3 Å². The Kier molecular flexibility index (Phi) is 5.85. The first-order chi connectivity index (χ1) is 11.6. The number of carbonyl (C=O) groups is 1. The van der Waals surface area contributed by atoms with Gasteiger partial charge in [0.15, 0.2) is 11.5 Å². The molecule has 3 rings (SSSR count). The van der Waals surface area contributed by atoms with E-state index in [4.69, 9.17) is 21.1 Å². The number of hydrogen-bond donors (Lipinski definition) is 2. The zero-order valence-corrected chi connectivity index (χ0v) is 14.5. The number of amides is 1. The summed E-state index contributed by atoms with van der Waals surface area (Å²) in [5.41, 5.74) is 0.772. The number of nitrogens with one attached hydrogen (secondary N) is 1. The second-order valence-electron chi connectivity index (χ2n) is 6.55. The van der Waals surface area contributed by atoms with Crippen molar-refractivity contribution in [3.8, 4) is 11.5 Å². The van der Waals surface area contributed by atoms with E-state index in [0.717, 1.165) is 18.4 Å². The minimum absolute atomic E-state index is 0.127. The van der Waals surface area contributed by atoms with Gasteiger partial charge in [0.1, 0.15) is 13.2 Å². The maximum absolute atomic E-state index is 12.1. The average molecular weight is 354 g/mol. The summed E-state index contributed by atoms with van der Waals surface area (Å²) in [6.45, 7) is 1.26. The molecule has 2 aliphatic rings. The first kappa shape index (κ1) is 17.4. The lowest BCUT2D eigenvalue weighted by Gasteiger charge is -2.26. The fourth-order valence-corrected chi connectivity index (χ4v) is 3.71. The van der Waals surface area contributed by atoms with Gasteiger partial charge >= 0.3 is 0 Å². The predicted octanol–water partition coefficient (Wildman–Crippen LogP) is 2.71. The van der Waals surface area contributed by atoms with Crippen molar-refractivity contribution in [3.63, 3.8) is 0 Å². The summed E-state index contributed by atoms with van der Waals surface area (Å²) in [6.07, 6.45) is 5.44. The molecule has 1 heterocycles. The van der Waals surface area contributed by atoms with Crippen LogP contribution in [-0.2, 0) is 11.2 Å². The normalized spacial score (nSPS) is 18.9. The maximum Gasteiger partial charge on any atom is 0.224 e. The van der Waals surface area contributed by atoms with Crippen LogP contribution < -0.4 is 14.8 Å². The van der Waals surface area contributed by atoms with Crippen LogP contribution in [0.15, 0.2) is 12.1 Å². The molecule has 1 aliphatic carbocycles. The molecule has 1 atom stereocenters. The Labute approximate surface area is 147 Å². The fraction of sp³-hybridized carbons (Fsp3) is 0.611. The summed E-state index contributed by atoms with van der Waals surface area (Å²) in [4.78, 5) is 12.1. The van der Waals surface area contributed by atoms with Gasteiger partial charge in [-0.1, -0.05) is 30.9 Å². The van der Waals surface area contributed by atoms with E-state index in [9.17, 15) is 9.90 Å². The van der Waals surface area contributed by atoms with Crippen molar-refractivity contribution in [3.05, 3.63) is 22.7 Å². The minimum atomic E-state index is -0.460. The van der Waals surface area contributed by atoms with E-state index in [2.05, 4.69) is 5.32 Å². The summed E-state index contributed by atoms with van der Waals surface area (Å²) in [7, 11) is 0. The first-order valence-electron chi connectivity index (χ1n) is 8.66. The molecule has 5 nitrogen and oxygen atoms in total. The lowest BCUT2D eigenvalue weighted by molar-refractivity contribution is -0.121. The van der Waals surface area contributed by atoms with Crippen LogP contribution in [-0.4, -0.2) is 36.9 Å². The van der Waals surface area contributed by atoms with Crippen molar-refractivity contribution in [2.45, 2.75) is 44.6 Å². The number of aliphatic hydroxyl groups is 1. The quantitative estimate of drug-likeness (QED) is 0.854. The number of carbonyl (C=O) groups excluding carboxylic acids is 1. The number of ether oxygens (including phenoxy) is 2. The largest absolute Gasteiger partial charge is 0.486 e. The van der Waals surface area contributed by atoms with Crippen LogP contribution in [0.4, 0.5) is 0 Å². The van der Waals surface area contributed by atoms with Crippen LogP contribution in [0, 0.1) is 5.92 Å². The van der Waals surface area contributed by atoms with Gasteiger partial charge in [-0.2, -0.15) is 0 Å². The SMILES string of the molecule is O=C(Cc1cc(Cl)c2c(c1)OCCO2)NCC(O)C1CCCCC1. The summed E-state index contributed by atoms with van der Waals surface area (Å²) in [5.74, 6) is 1.30. The van der Waals surface area contributed by atoms with Crippen LogP contribution in [0.3, 0.4) is 0 Å². The average Bonchev–Trinajstić information content (AvgIpc) is 2.60. The Balaban J connectivity index is 1.52. The standard InChI is InChI=1S/C18H24ClNO4/c19-14-8-12(9-16-18(14)24-7-6-23-16)10-17(22)20-11-15(21)13-4-2-1-3-5-13/h8-9,13,15,21H,1-7,10-11H2,(H,20,22). The van der Waals surface area contributed by atoms with Gasteiger partial charge in [-0.25, -0.2) is 0 Å². The summed E-state index contributed by atoms with van der Waals surface area (Å²) >= 11 is 6.18. The van der Waals surface area contributed by atoms with Crippen molar-refractivity contribution in [1.82, 2.24) is 5.32 Å². The van der Waals surface area contributed by atoms with Gasteiger partial charge in [-0.3, -0.25) is 4.79 Å². The zero-order chi connectivity index (χ0) is 16.9. The topological polar surface area (TPSA) is 67.8 Å². The molecular weight excluding hydrogens is 330 g/mol. The molecule has 0 spiro atoms. The highest BCUT2D eigenvalue weighted by atomic mass is 35.5. The second-order valence-corrected chi connectivity index (χ2v) is 6.96. The number of fused-ring (bicyclic) bond motifs is 1. The van der Waals surface area contributed by atoms with Crippen LogP contribution in [0.1, 0.15) is 37.7 Å². The Morgan fingerprint density at radius 1 is 1.25 bits per heavy atom. The van der Waals surface area contributed by atoms with Gasteiger partial charge in [-0.15, -0.1) is 0 Å². The van der Waals surface area contributed by atoms with E-state index in [-0.39, 0.29) is 12.3 Å². The lowest BCUT2D eigenvalue weighted by atomic mass is 9.85. The molecule has 1 unspecified atom stereocenters. The Bertz CT molecular complexity index is 587. The minimum Gasteiger partial charge on any atom is -0.486 e. The second kappa shape index (κ2) is 8.08. The molecule has 6 heteroatoms. The molecule has 0 aromatic heterocycles. The van der Waals surface area contributed by atoms with E-state index in [1.807, 2.05) is 0 Å². The molecule has 1 saturated carbocycles. The first-order valence-corrected chi connectivity index (χ1v) is 9.04. The Hall–Kier alpha value is -1.46. The highest BCUT2D eigenvalue weighted by Gasteiger charge is 2.22. The van der Waals surface area contributed by atoms with E-state index >= 15 is 0 Å². The van der Waals surface area contributed by atoms with Crippen LogP contribution in [0.25, 0.3) is 0 Å². The maximum atomic E-state index is 12.1. The molecular formula is C18H24ClNO4. The highest BCUT2D eigenvalue weighted by Crippen LogP contribution is 2.38. The smallest absolute Gasteiger partial charge is 0.224 e.